The van der Waals surface area contributed by atoms with Gasteiger partial charge in [-0.15, -0.1) is 0 Å². The van der Waals surface area contributed by atoms with E-state index >= 15 is 0 Å². The fourth-order valence-electron chi connectivity index (χ4n) is 2.63. The topological polar surface area (TPSA) is 40.6 Å². The highest BCUT2D eigenvalue weighted by Gasteiger charge is 2.32. The molecule has 1 aromatic rings. The van der Waals surface area contributed by atoms with Crippen LogP contribution in [0.15, 0.2) is 35.4 Å². The number of para-hydroxylation sites is 1. The third-order valence-corrected chi connectivity index (χ3v) is 3.73. The van der Waals surface area contributed by atoms with E-state index in [2.05, 4.69) is 0 Å². The molecular weight excluding hydrogens is 252 g/mol. The van der Waals surface area contributed by atoms with Crippen molar-refractivity contribution in [3.05, 3.63) is 41.0 Å². The van der Waals surface area contributed by atoms with Gasteiger partial charge in [0.1, 0.15) is 0 Å². The molecule has 0 aliphatic carbocycles. The number of anilines is 1. The molecule has 2 rings (SSSR count). The van der Waals surface area contributed by atoms with E-state index in [1.54, 1.807) is 0 Å². The number of rotatable bonds is 5. The van der Waals surface area contributed by atoms with Crippen molar-refractivity contribution in [2.45, 2.75) is 33.6 Å². The number of hydrogen-bond acceptors (Lipinski definition) is 2. The predicted octanol–water partition coefficient (Wildman–Crippen LogP) is 2.70. The van der Waals surface area contributed by atoms with Gasteiger partial charge in [0.05, 0.1) is 12.2 Å². The standard InChI is InChI=1S/C16H20N2O2/c1-4-13-8-6-7-9-15(13)18(11-19)17-10-12(3)14(5-2)16(17)20/h6-9,11H,4-5,10H2,1-3H3. The molecule has 0 bridgehead atoms. The van der Waals surface area contributed by atoms with Gasteiger partial charge in [-0.05, 0) is 37.0 Å². The van der Waals surface area contributed by atoms with Crippen LogP contribution in [0.3, 0.4) is 0 Å². The fourth-order valence-corrected chi connectivity index (χ4v) is 2.63. The maximum Gasteiger partial charge on any atom is 0.269 e. The molecule has 0 N–H and O–H groups in total. The number of nitrogens with zero attached hydrogens (tertiary/aromatic N) is 2. The molecule has 4 nitrogen and oxygen atoms in total. The average Bonchev–Trinajstić information content (AvgIpc) is 2.75. The minimum Gasteiger partial charge on any atom is -0.276 e. The summed E-state index contributed by atoms with van der Waals surface area (Å²) in [6.07, 6.45) is 2.23. The van der Waals surface area contributed by atoms with Crippen molar-refractivity contribution < 1.29 is 9.59 Å². The Balaban J connectivity index is 2.36. The van der Waals surface area contributed by atoms with Gasteiger partial charge in [-0.2, -0.15) is 0 Å². The molecule has 0 saturated heterocycles. The van der Waals surface area contributed by atoms with Crippen LogP contribution in [-0.2, 0) is 16.0 Å². The summed E-state index contributed by atoms with van der Waals surface area (Å²) in [7, 11) is 0. The third-order valence-electron chi connectivity index (χ3n) is 3.73. The predicted molar refractivity (Wildman–Crippen MR) is 79.1 cm³/mol. The molecule has 0 spiro atoms. The minimum atomic E-state index is -0.0667. The second-order valence-corrected chi connectivity index (χ2v) is 4.91. The van der Waals surface area contributed by atoms with E-state index in [4.69, 9.17) is 0 Å². The summed E-state index contributed by atoms with van der Waals surface area (Å²) in [5, 5.41) is 2.96. The Morgan fingerprint density at radius 2 is 1.95 bits per heavy atom. The summed E-state index contributed by atoms with van der Waals surface area (Å²) in [5.41, 5.74) is 3.68. The molecule has 1 aliphatic heterocycles. The Kier molecular flexibility index (Phi) is 4.23. The highest BCUT2D eigenvalue weighted by Crippen LogP contribution is 2.28. The summed E-state index contributed by atoms with van der Waals surface area (Å²) < 4.78 is 0. The van der Waals surface area contributed by atoms with E-state index in [0.29, 0.717) is 13.0 Å². The summed E-state index contributed by atoms with van der Waals surface area (Å²) in [6.45, 7) is 6.43. The quantitative estimate of drug-likeness (QED) is 0.773. The van der Waals surface area contributed by atoms with E-state index in [-0.39, 0.29) is 5.91 Å². The first-order chi connectivity index (χ1) is 9.63. The van der Waals surface area contributed by atoms with Crippen molar-refractivity contribution in [2.75, 3.05) is 11.6 Å². The molecule has 4 heteroatoms. The van der Waals surface area contributed by atoms with Crippen LogP contribution in [0.4, 0.5) is 5.69 Å². The lowest BCUT2D eigenvalue weighted by Crippen LogP contribution is -2.44. The van der Waals surface area contributed by atoms with E-state index < -0.39 is 0 Å². The second-order valence-electron chi connectivity index (χ2n) is 4.91. The van der Waals surface area contributed by atoms with Crippen molar-refractivity contribution in [3.63, 3.8) is 0 Å². The van der Waals surface area contributed by atoms with Crippen LogP contribution >= 0.6 is 0 Å². The molecular formula is C16H20N2O2. The molecule has 0 fully saturated rings. The average molecular weight is 272 g/mol. The third kappa shape index (κ3) is 2.33. The molecule has 1 heterocycles. The zero-order valence-corrected chi connectivity index (χ0v) is 12.2. The largest absolute Gasteiger partial charge is 0.276 e. The van der Waals surface area contributed by atoms with Gasteiger partial charge in [0.15, 0.2) is 0 Å². The SMILES string of the molecule is CCC1=C(C)CN(N(C=O)c2ccccc2CC)C1=O. The highest BCUT2D eigenvalue weighted by molar-refractivity contribution is 6.00. The Labute approximate surface area is 119 Å². The second kappa shape index (κ2) is 5.90. The normalized spacial score (nSPS) is 14.9. The fraction of sp³-hybridized carbons (Fsp3) is 0.375. The molecule has 1 aromatic carbocycles. The molecule has 0 radical (unpaired) electrons. The van der Waals surface area contributed by atoms with Crippen molar-refractivity contribution in [2.24, 2.45) is 0 Å². The maximum atomic E-state index is 12.4. The van der Waals surface area contributed by atoms with Crippen LogP contribution in [0, 0.1) is 0 Å². The smallest absolute Gasteiger partial charge is 0.269 e. The number of hydrogen-bond donors (Lipinski definition) is 0. The molecule has 106 valence electrons. The van der Waals surface area contributed by atoms with Gasteiger partial charge in [0.2, 0.25) is 6.41 Å². The van der Waals surface area contributed by atoms with Gasteiger partial charge in [0, 0.05) is 5.57 Å². The minimum absolute atomic E-state index is 0.0667. The molecule has 0 saturated carbocycles. The van der Waals surface area contributed by atoms with Crippen LogP contribution in [0.5, 0.6) is 0 Å². The number of carbonyl (C=O) groups is 2. The number of hydrazine groups is 1. The first kappa shape index (κ1) is 14.3. The van der Waals surface area contributed by atoms with E-state index in [9.17, 15) is 9.59 Å². The maximum absolute atomic E-state index is 12.4. The number of carbonyl (C=O) groups excluding carboxylic acids is 2. The van der Waals surface area contributed by atoms with Crippen molar-refractivity contribution in [3.8, 4) is 0 Å². The van der Waals surface area contributed by atoms with E-state index in [0.717, 1.165) is 35.2 Å². The van der Waals surface area contributed by atoms with Gasteiger partial charge < -0.3 is 0 Å². The van der Waals surface area contributed by atoms with E-state index in [1.807, 2.05) is 45.0 Å². The lowest BCUT2D eigenvalue weighted by Gasteiger charge is -2.30. The monoisotopic (exact) mass is 272 g/mol. The molecule has 0 aromatic heterocycles. The number of aryl methyl sites for hydroxylation is 1. The summed E-state index contributed by atoms with van der Waals surface area (Å²) in [5.74, 6) is -0.0667. The summed E-state index contributed by atoms with van der Waals surface area (Å²) in [4.78, 5) is 23.9. The molecule has 2 amide bonds. The lowest BCUT2D eigenvalue weighted by molar-refractivity contribution is -0.129. The molecule has 20 heavy (non-hydrogen) atoms. The van der Waals surface area contributed by atoms with Crippen LogP contribution in [0.2, 0.25) is 0 Å². The van der Waals surface area contributed by atoms with Gasteiger partial charge in [-0.25, -0.2) is 10.0 Å². The Morgan fingerprint density at radius 3 is 2.50 bits per heavy atom. The number of benzene rings is 1. The zero-order valence-electron chi connectivity index (χ0n) is 12.2. The van der Waals surface area contributed by atoms with E-state index in [1.165, 1.54) is 10.0 Å². The van der Waals surface area contributed by atoms with Gasteiger partial charge in [0.25, 0.3) is 5.91 Å². The van der Waals surface area contributed by atoms with Gasteiger partial charge in [-0.3, -0.25) is 9.59 Å². The van der Waals surface area contributed by atoms with Gasteiger partial charge >= 0.3 is 0 Å². The molecule has 0 unspecified atom stereocenters. The lowest BCUT2D eigenvalue weighted by atomic mass is 10.1. The van der Waals surface area contributed by atoms with Crippen LogP contribution < -0.4 is 5.01 Å². The van der Waals surface area contributed by atoms with Gasteiger partial charge in [-0.1, -0.05) is 32.0 Å². The Morgan fingerprint density at radius 1 is 1.25 bits per heavy atom. The van der Waals surface area contributed by atoms with Crippen molar-refractivity contribution >= 4 is 18.0 Å². The van der Waals surface area contributed by atoms with Crippen molar-refractivity contribution in [1.29, 1.82) is 0 Å². The number of amides is 2. The Hall–Kier alpha value is -2.10. The van der Waals surface area contributed by atoms with Crippen LogP contribution in [-0.4, -0.2) is 23.9 Å². The van der Waals surface area contributed by atoms with Crippen LogP contribution in [0.1, 0.15) is 32.8 Å². The first-order valence-electron chi connectivity index (χ1n) is 6.96. The molecule has 1 aliphatic rings. The van der Waals surface area contributed by atoms with Crippen molar-refractivity contribution in [1.82, 2.24) is 5.01 Å². The first-order valence-corrected chi connectivity index (χ1v) is 6.96. The Bertz CT molecular complexity index is 563. The zero-order chi connectivity index (χ0) is 14.7. The summed E-state index contributed by atoms with van der Waals surface area (Å²) >= 11 is 0. The summed E-state index contributed by atoms with van der Waals surface area (Å²) in [6, 6.07) is 7.68. The molecule has 0 atom stereocenters. The highest BCUT2D eigenvalue weighted by atomic mass is 16.2. The van der Waals surface area contributed by atoms with Crippen LogP contribution in [0.25, 0.3) is 0 Å².